The van der Waals surface area contributed by atoms with E-state index < -0.39 is 0 Å². The smallest absolute Gasteiger partial charge is 0.261 e. The Hall–Kier alpha value is -2.56. The molecule has 0 spiro atoms. The van der Waals surface area contributed by atoms with Gasteiger partial charge in [-0.15, -0.1) is 0 Å². The monoisotopic (exact) mass is 310 g/mol. The van der Waals surface area contributed by atoms with Crippen molar-refractivity contribution in [2.75, 3.05) is 6.54 Å². The lowest BCUT2D eigenvalue weighted by Crippen LogP contribution is -2.33. The minimum atomic E-state index is -0.363. The number of allylic oxidation sites excluding steroid dienone is 1. The van der Waals surface area contributed by atoms with Crippen molar-refractivity contribution in [2.45, 2.75) is 26.7 Å². The van der Waals surface area contributed by atoms with Crippen LogP contribution in [0.25, 0.3) is 0 Å². The zero-order valence-electron chi connectivity index (χ0n) is 13.2. The van der Waals surface area contributed by atoms with Crippen molar-refractivity contribution in [3.8, 4) is 0 Å². The molecule has 5 heteroatoms. The van der Waals surface area contributed by atoms with Crippen molar-refractivity contribution >= 4 is 23.4 Å². The van der Waals surface area contributed by atoms with Crippen molar-refractivity contribution in [2.24, 2.45) is 10.9 Å². The SMILES string of the molecule is CCC1=CC(CCN2C(=O)c3ccccc3C2=O)C(=O)N=C1C. The molecule has 0 saturated carbocycles. The van der Waals surface area contributed by atoms with Gasteiger partial charge in [0, 0.05) is 12.3 Å². The molecule has 0 fully saturated rings. The molecule has 1 atom stereocenters. The van der Waals surface area contributed by atoms with Gasteiger partial charge in [-0.1, -0.05) is 25.1 Å². The quantitative estimate of drug-likeness (QED) is 0.803. The fraction of sp³-hybridized carbons (Fsp3) is 0.333. The van der Waals surface area contributed by atoms with E-state index in [1.54, 1.807) is 24.3 Å². The zero-order chi connectivity index (χ0) is 16.6. The van der Waals surface area contributed by atoms with Crippen molar-refractivity contribution in [1.82, 2.24) is 4.90 Å². The number of aliphatic imine (C=N–C) groups is 1. The molecule has 0 aromatic heterocycles. The highest BCUT2D eigenvalue weighted by Crippen LogP contribution is 2.25. The second kappa shape index (κ2) is 5.91. The molecule has 1 unspecified atom stereocenters. The number of hydrogen-bond acceptors (Lipinski definition) is 3. The lowest BCUT2D eigenvalue weighted by atomic mass is 9.94. The van der Waals surface area contributed by atoms with E-state index >= 15 is 0 Å². The van der Waals surface area contributed by atoms with E-state index in [-0.39, 0.29) is 30.2 Å². The molecule has 1 aromatic carbocycles. The van der Waals surface area contributed by atoms with Gasteiger partial charge in [-0.25, -0.2) is 4.99 Å². The summed E-state index contributed by atoms with van der Waals surface area (Å²) in [6, 6.07) is 6.80. The predicted octanol–water partition coefficient (Wildman–Crippen LogP) is 2.63. The molecule has 5 nitrogen and oxygen atoms in total. The number of nitrogens with zero attached hydrogens (tertiary/aromatic N) is 2. The first-order valence-corrected chi connectivity index (χ1v) is 7.78. The lowest BCUT2D eigenvalue weighted by Gasteiger charge is -2.20. The van der Waals surface area contributed by atoms with Crippen LogP contribution in [0.3, 0.4) is 0 Å². The Balaban J connectivity index is 1.73. The second-order valence-electron chi connectivity index (χ2n) is 5.78. The lowest BCUT2D eigenvalue weighted by molar-refractivity contribution is -0.120. The van der Waals surface area contributed by atoms with Crippen LogP contribution in [-0.4, -0.2) is 34.9 Å². The molecule has 0 bridgehead atoms. The number of amides is 3. The van der Waals surface area contributed by atoms with E-state index in [0.29, 0.717) is 17.5 Å². The molecule has 2 aliphatic rings. The number of dihydropyridines is 1. The number of carbonyl (C=O) groups is 3. The van der Waals surface area contributed by atoms with Gasteiger partial charge < -0.3 is 0 Å². The Bertz CT molecular complexity index is 726. The number of fused-ring (bicyclic) bond motifs is 1. The van der Waals surface area contributed by atoms with Gasteiger partial charge in [-0.05, 0) is 37.5 Å². The summed E-state index contributed by atoms with van der Waals surface area (Å²) in [6.07, 6.45) is 3.14. The van der Waals surface area contributed by atoms with Gasteiger partial charge >= 0.3 is 0 Å². The third-order valence-electron chi connectivity index (χ3n) is 4.38. The first-order valence-electron chi connectivity index (χ1n) is 7.78. The van der Waals surface area contributed by atoms with Crippen LogP contribution < -0.4 is 0 Å². The minimum Gasteiger partial charge on any atom is -0.274 e. The van der Waals surface area contributed by atoms with Gasteiger partial charge in [0.1, 0.15) is 0 Å². The maximum Gasteiger partial charge on any atom is 0.261 e. The Morgan fingerprint density at radius 1 is 1.09 bits per heavy atom. The van der Waals surface area contributed by atoms with E-state index in [1.807, 2.05) is 19.9 Å². The van der Waals surface area contributed by atoms with Crippen LogP contribution in [0.2, 0.25) is 0 Å². The fourth-order valence-corrected chi connectivity index (χ4v) is 3.05. The van der Waals surface area contributed by atoms with Gasteiger partial charge in [-0.2, -0.15) is 0 Å². The summed E-state index contributed by atoms with van der Waals surface area (Å²) in [5.41, 5.74) is 2.68. The summed E-state index contributed by atoms with van der Waals surface area (Å²) in [4.78, 5) is 41.9. The molecule has 2 heterocycles. The maximum atomic E-state index is 12.3. The molecular weight excluding hydrogens is 292 g/mol. The van der Waals surface area contributed by atoms with Gasteiger partial charge in [0.25, 0.3) is 17.7 Å². The van der Waals surface area contributed by atoms with E-state index in [4.69, 9.17) is 0 Å². The molecule has 3 amide bonds. The van der Waals surface area contributed by atoms with Crippen LogP contribution in [0.4, 0.5) is 0 Å². The zero-order valence-corrected chi connectivity index (χ0v) is 13.2. The Labute approximate surface area is 134 Å². The topological polar surface area (TPSA) is 66.8 Å². The van der Waals surface area contributed by atoms with Gasteiger partial charge in [0.15, 0.2) is 0 Å². The largest absolute Gasteiger partial charge is 0.274 e. The second-order valence-corrected chi connectivity index (χ2v) is 5.78. The first-order chi connectivity index (χ1) is 11.0. The van der Waals surface area contributed by atoms with Crippen LogP contribution >= 0.6 is 0 Å². The molecule has 0 N–H and O–H groups in total. The molecule has 2 aliphatic heterocycles. The number of hydrogen-bond donors (Lipinski definition) is 0. The molecule has 1 aromatic rings. The van der Waals surface area contributed by atoms with Crippen LogP contribution in [-0.2, 0) is 4.79 Å². The third kappa shape index (κ3) is 2.63. The van der Waals surface area contributed by atoms with E-state index in [2.05, 4.69) is 4.99 Å². The summed E-state index contributed by atoms with van der Waals surface area (Å²) in [6.45, 7) is 4.07. The standard InChI is InChI=1S/C18H18N2O3/c1-3-12-10-13(16(21)19-11(12)2)8-9-20-17(22)14-6-4-5-7-15(14)18(20)23/h4-7,10,13H,3,8-9H2,1-2H3. The van der Waals surface area contributed by atoms with Crippen LogP contribution in [0.5, 0.6) is 0 Å². The number of carbonyl (C=O) groups excluding carboxylic acids is 3. The van der Waals surface area contributed by atoms with Crippen molar-refractivity contribution in [3.63, 3.8) is 0 Å². The van der Waals surface area contributed by atoms with Gasteiger partial charge in [0.2, 0.25) is 0 Å². The van der Waals surface area contributed by atoms with E-state index in [9.17, 15) is 14.4 Å². The number of rotatable bonds is 4. The highest BCUT2D eigenvalue weighted by Gasteiger charge is 2.35. The Kier molecular flexibility index (Phi) is 3.94. The van der Waals surface area contributed by atoms with E-state index in [1.165, 1.54) is 4.90 Å². The summed E-state index contributed by atoms with van der Waals surface area (Å²) >= 11 is 0. The molecule has 3 rings (SSSR count). The third-order valence-corrected chi connectivity index (χ3v) is 4.38. The number of benzene rings is 1. The summed E-state index contributed by atoms with van der Waals surface area (Å²) < 4.78 is 0. The van der Waals surface area contributed by atoms with E-state index in [0.717, 1.165) is 17.7 Å². The molecule has 0 radical (unpaired) electrons. The van der Waals surface area contributed by atoms with Gasteiger partial charge in [0.05, 0.1) is 17.0 Å². The summed E-state index contributed by atoms with van der Waals surface area (Å²) in [7, 11) is 0. The molecule has 118 valence electrons. The Morgan fingerprint density at radius 3 is 2.26 bits per heavy atom. The number of imide groups is 1. The van der Waals surface area contributed by atoms with Crippen LogP contribution in [0.1, 0.15) is 47.4 Å². The average molecular weight is 310 g/mol. The van der Waals surface area contributed by atoms with Crippen LogP contribution in [0.15, 0.2) is 40.9 Å². The highest BCUT2D eigenvalue weighted by molar-refractivity contribution is 6.21. The summed E-state index contributed by atoms with van der Waals surface area (Å²) in [5, 5.41) is 0. The highest BCUT2D eigenvalue weighted by atomic mass is 16.2. The molecule has 0 aliphatic carbocycles. The maximum absolute atomic E-state index is 12.3. The molecule has 0 saturated heterocycles. The average Bonchev–Trinajstić information content (AvgIpc) is 2.79. The Morgan fingerprint density at radius 2 is 1.70 bits per heavy atom. The molecular formula is C18H18N2O3. The van der Waals surface area contributed by atoms with Crippen LogP contribution in [0, 0.1) is 5.92 Å². The minimum absolute atomic E-state index is 0.198. The van der Waals surface area contributed by atoms with Gasteiger partial charge in [-0.3, -0.25) is 19.3 Å². The van der Waals surface area contributed by atoms with Crippen molar-refractivity contribution < 1.29 is 14.4 Å². The first kappa shape index (κ1) is 15.3. The van der Waals surface area contributed by atoms with Crippen molar-refractivity contribution in [1.29, 1.82) is 0 Å². The molecule has 23 heavy (non-hydrogen) atoms. The fourth-order valence-electron chi connectivity index (χ4n) is 3.05. The normalized spacial score (nSPS) is 20.5. The summed E-state index contributed by atoms with van der Waals surface area (Å²) in [5.74, 6) is -1.13. The predicted molar refractivity (Wildman–Crippen MR) is 86.4 cm³/mol. The van der Waals surface area contributed by atoms with Crippen molar-refractivity contribution in [3.05, 3.63) is 47.0 Å².